The molecule has 2 rings (SSSR count). The van der Waals surface area contributed by atoms with Crippen LogP contribution in [0.15, 0.2) is 12.1 Å². The van der Waals surface area contributed by atoms with Gasteiger partial charge in [0.05, 0.1) is 40.2 Å². The number of nitrogen functional groups attached to an aromatic ring is 1. The summed E-state index contributed by atoms with van der Waals surface area (Å²) in [5, 5.41) is 19.2. The molecule has 1 amide bonds. The van der Waals surface area contributed by atoms with Crippen LogP contribution in [-0.2, 0) is 4.43 Å². The van der Waals surface area contributed by atoms with Crippen molar-refractivity contribution in [1.82, 2.24) is 4.90 Å². The van der Waals surface area contributed by atoms with Gasteiger partial charge in [0.1, 0.15) is 0 Å². The first-order chi connectivity index (χ1) is 13.3. The molecule has 0 unspecified atom stereocenters. The summed E-state index contributed by atoms with van der Waals surface area (Å²) in [6, 6.07) is 5.14. The average Bonchev–Trinajstić information content (AvgIpc) is 2.61. The third-order valence-corrected chi connectivity index (χ3v) is 11.0. The Morgan fingerprint density at radius 1 is 1.45 bits per heavy atom. The number of nitrogens with two attached hydrogens (primary N) is 1. The highest BCUT2D eigenvalue weighted by molar-refractivity contribution is 6.74. The lowest BCUT2D eigenvalue weighted by atomic mass is 9.99. The molecule has 3 N–H and O–H groups in total. The van der Waals surface area contributed by atoms with Crippen LogP contribution in [0.1, 0.15) is 32.8 Å². The first kappa shape index (κ1) is 23.3. The van der Waals surface area contributed by atoms with E-state index in [1.807, 2.05) is 4.90 Å². The summed E-state index contributed by atoms with van der Waals surface area (Å²) in [6.45, 7) is 11.9. The molecule has 1 heterocycles. The molecule has 2 atom stereocenters. The van der Waals surface area contributed by atoms with E-state index >= 15 is 0 Å². The SMILES string of the molecule is CN(C(=O)O)[C@H]1CCN(c2cc(C#N)cc(N)c2Cl)C[C@H]1O[Si](C)(C)C(C)(C)C. The molecule has 1 aromatic carbocycles. The van der Waals surface area contributed by atoms with Gasteiger partial charge in [-0.2, -0.15) is 5.26 Å². The third-order valence-electron chi connectivity index (χ3n) is 6.13. The number of hydrogen-bond donors (Lipinski definition) is 2. The van der Waals surface area contributed by atoms with Crippen LogP contribution >= 0.6 is 11.6 Å². The normalized spacial score (nSPS) is 20.3. The third kappa shape index (κ3) is 4.97. The zero-order chi connectivity index (χ0) is 22.1. The van der Waals surface area contributed by atoms with E-state index in [0.717, 1.165) is 0 Å². The largest absolute Gasteiger partial charge is 0.465 e. The summed E-state index contributed by atoms with van der Waals surface area (Å²) in [5.41, 5.74) is 7.47. The lowest BCUT2D eigenvalue weighted by Gasteiger charge is -2.47. The van der Waals surface area contributed by atoms with Gasteiger partial charge in [-0.15, -0.1) is 0 Å². The molecule has 160 valence electrons. The number of anilines is 2. The van der Waals surface area contributed by atoms with Gasteiger partial charge < -0.3 is 25.1 Å². The van der Waals surface area contributed by atoms with Gasteiger partial charge in [-0.1, -0.05) is 32.4 Å². The molecule has 1 aliphatic rings. The van der Waals surface area contributed by atoms with Crippen molar-refractivity contribution in [3.63, 3.8) is 0 Å². The van der Waals surface area contributed by atoms with Crippen molar-refractivity contribution in [2.75, 3.05) is 30.8 Å². The number of carbonyl (C=O) groups is 1. The van der Waals surface area contributed by atoms with Crippen LogP contribution in [-0.4, -0.2) is 56.7 Å². The molecule has 0 bridgehead atoms. The molecule has 0 radical (unpaired) electrons. The van der Waals surface area contributed by atoms with Gasteiger partial charge in [0, 0.05) is 20.1 Å². The second-order valence-electron chi connectivity index (χ2n) is 9.12. The van der Waals surface area contributed by atoms with E-state index in [4.69, 9.17) is 21.8 Å². The number of nitriles is 1. The van der Waals surface area contributed by atoms with Crippen LogP contribution in [0.25, 0.3) is 0 Å². The number of benzene rings is 1. The summed E-state index contributed by atoms with van der Waals surface area (Å²) in [7, 11) is -0.555. The molecular formula is C20H31ClN4O3Si. The van der Waals surface area contributed by atoms with Crippen molar-refractivity contribution in [2.45, 2.75) is 57.5 Å². The number of hydrogen-bond acceptors (Lipinski definition) is 5. The van der Waals surface area contributed by atoms with E-state index < -0.39 is 14.4 Å². The summed E-state index contributed by atoms with van der Waals surface area (Å²) in [6.07, 6.45) is -0.690. The van der Waals surface area contributed by atoms with Crippen molar-refractivity contribution in [2.24, 2.45) is 0 Å². The maximum absolute atomic E-state index is 11.6. The average molecular weight is 439 g/mol. The minimum Gasteiger partial charge on any atom is -0.465 e. The van der Waals surface area contributed by atoms with Crippen LogP contribution in [0.2, 0.25) is 23.2 Å². The predicted molar refractivity (Wildman–Crippen MR) is 119 cm³/mol. The number of halogens is 1. The maximum atomic E-state index is 11.6. The Bertz CT molecular complexity index is 819. The Labute approximate surface area is 179 Å². The maximum Gasteiger partial charge on any atom is 0.407 e. The van der Waals surface area contributed by atoms with Crippen LogP contribution in [0, 0.1) is 11.3 Å². The van der Waals surface area contributed by atoms with Crippen molar-refractivity contribution in [3.8, 4) is 6.07 Å². The van der Waals surface area contributed by atoms with Gasteiger partial charge >= 0.3 is 6.09 Å². The minimum atomic E-state index is -2.14. The van der Waals surface area contributed by atoms with Gasteiger partial charge in [-0.25, -0.2) is 4.79 Å². The highest BCUT2D eigenvalue weighted by atomic mass is 35.5. The van der Waals surface area contributed by atoms with E-state index in [0.29, 0.717) is 41.5 Å². The van der Waals surface area contributed by atoms with Crippen molar-refractivity contribution in [1.29, 1.82) is 5.26 Å². The zero-order valence-electron chi connectivity index (χ0n) is 18.0. The molecule has 9 heteroatoms. The van der Waals surface area contributed by atoms with Gasteiger partial charge in [0.2, 0.25) is 0 Å². The van der Waals surface area contributed by atoms with E-state index in [-0.39, 0.29) is 17.2 Å². The molecule has 1 fully saturated rings. The quantitative estimate of drug-likeness (QED) is 0.534. The molecule has 1 aliphatic heterocycles. The smallest absolute Gasteiger partial charge is 0.407 e. The topological polar surface area (TPSA) is 103 Å². The first-order valence-corrected chi connectivity index (χ1v) is 12.9. The lowest BCUT2D eigenvalue weighted by Crippen LogP contribution is -2.59. The number of likely N-dealkylation sites (N-methyl/N-ethyl adjacent to an activating group) is 1. The number of piperidine rings is 1. The van der Waals surface area contributed by atoms with Crippen molar-refractivity contribution < 1.29 is 14.3 Å². The fourth-order valence-corrected chi connectivity index (χ4v) is 4.88. The molecular weight excluding hydrogens is 408 g/mol. The summed E-state index contributed by atoms with van der Waals surface area (Å²) < 4.78 is 6.66. The standard InChI is InChI=1S/C20H31ClN4O3Si/c1-20(2,3)29(5,6)28-17-12-25(8-7-15(17)24(4)19(26)27)16-10-13(11-22)9-14(23)18(16)21/h9-10,15,17H,7-8,12,23H2,1-6H3,(H,26,27)/t15-,17+/m0/s1. The fourth-order valence-electron chi connectivity index (χ4n) is 3.30. The number of rotatable bonds is 4. The lowest BCUT2D eigenvalue weighted by molar-refractivity contribution is 0.0561. The molecule has 1 saturated heterocycles. The van der Waals surface area contributed by atoms with E-state index in [1.54, 1.807) is 19.2 Å². The molecule has 7 nitrogen and oxygen atoms in total. The van der Waals surface area contributed by atoms with E-state index in [9.17, 15) is 15.2 Å². The van der Waals surface area contributed by atoms with Gasteiger partial charge in [-0.05, 0) is 36.7 Å². The van der Waals surface area contributed by atoms with Gasteiger partial charge in [-0.3, -0.25) is 0 Å². The Morgan fingerprint density at radius 2 is 2.07 bits per heavy atom. The summed E-state index contributed by atoms with van der Waals surface area (Å²) >= 11 is 6.45. The molecule has 0 spiro atoms. The Hall–Kier alpha value is -1.95. The Balaban J connectivity index is 2.40. The van der Waals surface area contributed by atoms with E-state index in [2.05, 4.69) is 39.9 Å². The van der Waals surface area contributed by atoms with E-state index in [1.165, 1.54) is 4.90 Å². The molecule has 0 saturated carbocycles. The Morgan fingerprint density at radius 3 is 2.59 bits per heavy atom. The van der Waals surface area contributed by atoms with Crippen LogP contribution in [0.3, 0.4) is 0 Å². The fraction of sp³-hybridized carbons (Fsp3) is 0.600. The van der Waals surface area contributed by atoms with Gasteiger partial charge in [0.25, 0.3) is 0 Å². The highest BCUT2D eigenvalue weighted by Crippen LogP contribution is 2.40. The summed E-state index contributed by atoms with van der Waals surface area (Å²) in [4.78, 5) is 15.0. The van der Waals surface area contributed by atoms with Crippen LogP contribution in [0.4, 0.5) is 16.2 Å². The van der Waals surface area contributed by atoms with Crippen molar-refractivity contribution >= 4 is 37.4 Å². The van der Waals surface area contributed by atoms with Crippen molar-refractivity contribution in [3.05, 3.63) is 22.7 Å². The van der Waals surface area contributed by atoms with Crippen LogP contribution < -0.4 is 10.6 Å². The second kappa shape index (κ2) is 8.42. The summed E-state index contributed by atoms with van der Waals surface area (Å²) in [5.74, 6) is 0. The minimum absolute atomic E-state index is 0.00950. The monoisotopic (exact) mass is 438 g/mol. The van der Waals surface area contributed by atoms with Gasteiger partial charge in [0.15, 0.2) is 8.32 Å². The number of carboxylic acid groups (broad SMARTS) is 1. The van der Waals surface area contributed by atoms with Crippen LogP contribution in [0.5, 0.6) is 0 Å². The molecule has 0 aliphatic carbocycles. The zero-order valence-corrected chi connectivity index (χ0v) is 19.7. The predicted octanol–water partition coefficient (Wildman–Crippen LogP) is 4.37. The Kier molecular flexibility index (Phi) is 6.77. The highest BCUT2D eigenvalue weighted by Gasteiger charge is 2.44. The first-order valence-electron chi connectivity index (χ1n) is 9.66. The number of amides is 1. The molecule has 1 aromatic rings. The molecule has 29 heavy (non-hydrogen) atoms. The molecule has 0 aromatic heterocycles. The number of nitrogens with zero attached hydrogens (tertiary/aromatic N) is 3. The second-order valence-corrected chi connectivity index (χ2v) is 14.3.